The molecule has 0 amide bonds. The molecule has 0 aliphatic carbocycles. The minimum atomic E-state index is -0.408. The van der Waals surface area contributed by atoms with Crippen LogP contribution in [0.15, 0.2) is 24.3 Å². The molecule has 98 valence electrons. The molecule has 18 heavy (non-hydrogen) atoms. The number of Topliss-reactive ketones (excluding diaryl/α,β-unsaturated/α-hetero) is 1. The van der Waals surface area contributed by atoms with Crippen LogP contribution in [-0.4, -0.2) is 30.3 Å². The molecule has 1 aromatic rings. The van der Waals surface area contributed by atoms with E-state index in [2.05, 4.69) is 11.8 Å². The second-order valence-electron chi connectivity index (χ2n) is 5.20. The van der Waals surface area contributed by atoms with Crippen LogP contribution in [0.4, 0.5) is 4.39 Å². The van der Waals surface area contributed by atoms with Crippen molar-refractivity contribution in [2.45, 2.75) is 26.2 Å². The predicted molar refractivity (Wildman–Crippen MR) is 70.2 cm³/mol. The van der Waals surface area contributed by atoms with E-state index < -0.39 is 5.82 Å². The number of halogens is 1. The fourth-order valence-electron chi connectivity index (χ4n) is 2.57. The van der Waals surface area contributed by atoms with Crippen LogP contribution >= 0.6 is 0 Å². The smallest absolute Gasteiger partial charge is 0.167 e. The minimum absolute atomic E-state index is 0.0914. The highest BCUT2D eigenvalue weighted by atomic mass is 19.1. The number of benzene rings is 1. The van der Waals surface area contributed by atoms with Gasteiger partial charge in [-0.1, -0.05) is 19.1 Å². The lowest BCUT2D eigenvalue weighted by atomic mass is 9.99. The number of likely N-dealkylation sites (tertiary alicyclic amines) is 1. The average Bonchev–Trinajstić information content (AvgIpc) is 2.37. The Morgan fingerprint density at radius 2 is 2.22 bits per heavy atom. The number of rotatable bonds is 4. The summed E-state index contributed by atoms with van der Waals surface area (Å²) in [7, 11) is 0. The van der Waals surface area contributed by atoms with Crippen LogP contribution in [0.5, 0.6) is 0 Å². The number of hydrogen-bond donors (Lipinski definition) is 0. The van der Waals surface area contributed by atoms with Gasteiger partial charge in [0.1, 0.15) is 5.82 Å². The monoisotopic (exact) mass is 249 g/mol. The third-order valence-corrected chi connectivity index (χ3v) is 3.57. The normalized spacial score (nSPS) is 20.9. The quantitative estimate of drug-likeness (QED) is 0.764. The van der Waals surface area contributed by atoms with Gasteiger partial charge in [-0.25, -0.2) is 4.39 Å². The van der Waals surface area contributed by atoms with Crippen LogP contribution in [0.3, 0.4) is 0 Å². The molecule has 1 aromatic carbocycles. The highest BCUT2D eigenvalue weighted by Gasteiger charge is 2.18. The molecule has 1 aliphatic rings. The van der Waals surface area contributed by atoms with E-state index in [-0.39, 0.29) is 11.3 Å². The van der Waals surface area contributed by atoms with Gasteiger partial charge in [0.25, 0.3) is 0 Å². The van der Waals surface area contributed by atoms with Crippen molar-refractivity contribution in [2.24, 2.45) is 5.92 Å². The molecule has 1 heterocycles. The lowest BCUT2D eigenvalue weighted by Gasteiger charge is -2.30. The first-order chi connectivity index (χ1) is 8.66. The molecular weight excluding hydrogens is 229 g/mol. The summed E-state index contributed by atoms with van der Waals surface area (Å²) in [6.07, 6.45) is 2.89. The molecule has 0 radical (unpaired) electrons. The zero-order chi connectivity index (χ0) is 13.0. The second-order valence-corrected chi connectivity index (χ2v) is 5.20. The largest absolute Gasteiger partial charge is 0.303 e. The Morgan fingerprint density at radius 3 is 2.94 bits per heavy atom. The molecule has 0 N–H and O–H groups in total. The fraction of sp³-hybridized carbons (Fsp3) is 0.533. The molecule has 1 saturated heterocycles. The molecule has 2 rings (SSSR count). The number of ketones is 1. The standard InChI is InChI=1S/C15H20FNO/c1-12-5-4-9-17(11-12)10-8-15(18)13-6-2-3-7-14(13)16/h2-3,6-7,12H,4-5,8-11H2,1H3. The summed E-state index contributed by atoms with van der Waals surface area (Å²) < 4.78 is 13.4. The van der Waals surface area contributed by atoms with Crippen LogP contribution in [0.1, 0.15) is 36.5 Å². The van der Waals surface area contributed by atoms with Crippen molar-refractivity contribution in [3.63, 3.8) is 0 Å². The molecule has 3 heteroatoms. The maximum atomic E-state index is 13.4. The van der Waals surface area contributed by atoms with E-state index in [1.54, 1.807) is 18.2 Å². The summed E-state index contributed by atoms with van der Waals surface area (Å²) in [5.74, 6) is 0.211. The van der Waals surface area contributed by atoms with Gasteiger partial charge in [0.05, 0.1) is 5.56 Å². The van der Waals surface area contributed by atoms with E-state index in [1.807, 2.05) is 0 Å². The first kappa shape index (κ1) is 13.2. The molecule has 0 aromatic heterocycles. The number of piperidine rings is 1. The average molecular weight is 249 g/mol. The van der Waals surface area contributed by atoms with Gasteiger partial charge in [0.15, 0.2) is 5.78 Å². The first-order valence-corrected chi connectivity index (χ1v) is 6.67. The van der Waals surface area contributed by atoms with E-state index in [1.165, 1.54) is 18.9 Å². The third-order valence-electron chi connectivity index (χ3n) is 3.57. The van der Waals surface area contributed by atoms with Gasteiger partial charge >= 0.3 is 0 Å². The fourth-order valence-corrected chi connectivity index (χ4v) is 2.57. The SMILES string of the molecule is CC1CCCN(CCC(=O)c2ccccc2F)C1. The van der Waals surface area contributed by atoms with Crippen molar-refractivity contribution in [1.29, 1.82) is 0 Å². The summed E-state index contributed by atoms with van der Waals surface area (Å²) in [6.45, 7) is 5.11. The summed E-state index contributed by atoms with van der Waals surface area (Å²) in [5, 5.41) is 0. The predicted octanol–water partition coefficient (Wildman–Crippen LogP) is 3.13. The Balaban J connectivity index is 1.87. The van der Waals surface area contributed by atoms with E-state index >= 15 is 0 Å². The van der Waals surface area contributed by atoms with Gasteiger partial charge < -0.3 is 4.90 Å². The van der Waals surface area contributed by atoms with Crippen molar-refractivity contribution in [3.05, 3.63) is 35.6 Å². The molecule has 0 spiro atoms. The van der Waals surface area contributed by atoms with E-state index in [0.717, 1.165) is 19.6 Å². The number of carbonyl (C=O) groups is 1. The van der Waals surface area contributed by atoms with Crippen LogP contribution in [0.2, 0.25) is 0 Å². The lowest BCUT2D eigenvalue weighted by Crippen LogP contribution is -2.35. The first-order valence-electron chi connectivity index (χ1n) is 6.67. The zero-order valence-electron chi connectivity index (χ0n) is 10.9. The maximum Gasteiger partial charge on any atom is 0.167 e. The molecule has 0 bridgehead atoms. The van der Waals surface area contributed by atoms with Crippen molar-refractivity contribution >= 4 is 5.78 Å². The van der Waals surface area contributed by atoms with Gasteiger partial charge in [0, 0.05) is 19.5 Å². The Labute approximate surface area is 108 Å². The van der Waals surface area contributed by atoms with Crippen molar-refractivity contribution < 1.29 is 9.18 Å². The zero-order valence-corrected chi connectivity index (χ0v) is 10.9. The van der Waals surface area contributed by atoms with Crippen molar-refractivity contribution in [1.82, 2.24) is 4.90 Å². The number of nitrogens with zero attached hydrogens (tertiary/aromatic N) is 1. The topological polar surface area (TPSA) is 20.3 Å². The van der Waals surface area contributed by atoms with Crippen LogP contribution in [0, 0.1) is 11.7 Å². The van der Waals surface area contributed by atoms with E-state index in [9.17, 15) is 9.18 Å². The summed E-state index contributed by atoms with van der Waals surface area (Å²) in [6, 6.07) is 6.23. The summed E-state index contributed by atoms with van der Waals surface area (Å²) in [4.78, 5) is 14.2. The highest BCUT2D eigenvalue weighted by Crippen LogP contribution is 2.16. The molecule has 1 fully saturated rings. The molecule has 1 aliphatic heterocycles. The third kappa shape index (κ3) is 3.39. The Kier molecular flexibility index (Phi) is 4.48. The molecule has 1 unspecified atom stereocenters. The summed E-state index contributed by atoms with van der Waals surface area (Å²) in [5.41, 5.74) is 0.225. The number of carbonyl (C=O) groups excluding carboxylic acids is 1. The molecule has 0 saturated carbocycles. The lowest BCUT2D eigenvalue weighted by molar-refractivity contribution is 0.0945. The van der Waals surface area contributed by atoms with Crippen LogP contribution in [0.25, 0.3) is 0 Å². The van der Waals surface area contributed by atoms with E-state index in [4.69, 9.17) is 0 Å². The molecule has 2 nitrogen and oxygen atoms in total. The maximum absolute atomic E-state index is 13.4. The van der Waals surface area contributed by atoms with E-state index in [0.29, 0.717) is 12.3 Å². The summed E-state index contributed by atoms with van der Waals surface area (Å²) >= 11 is 0. The van der Waals surface area contributed by atoms with Gasteiger partial charge in [-0.2, -0.15) is 0 Å². The number of hydrogen-bond acceptors (Lipinski definition) is 2. The van der Waals surface area contributed by atoms with Gasteiger partial charge in [0.2, 0.25) is 0 Å². The highest BCUT2D eigenvalue weighted by molar-refractivity contribution is 5.96. The molecule has 1 atom stereocenters. The minimum Gasteiger partial charge on any atom is -0.303 e. The van der Waals surface area contributed by atoms with Crippen molar-refractivity contribution in [3.8, 4) is 0 Å². The Hall–Kier alpha value is -1.22. The second kappa shape index (κ2) is 6.10. The molecular formula is C15H20FNO. The van der Waals surface area contributed by atoms with Gasteiger partial charge in [-0.3, -0.25) is 4.79 Å². The Morgan fingerprint density at radius 1 is 1.44 bits per heavy atom. The van der Waals surface area contributed by atoms with Gasteiger partial charge in [-0.05, 0) is 37.4 Å². The van der Waals surface area contributed by atoms with Gasteiger partial charge in [-0.15, -0.1) is 0 Å². The van der Waals surface area contributed by atoms with Crippen LogP contribution in [-0.2, 0) is 0 Å². The van der Waals surface area contributed by atoms with Crippen molar-refractivity contribution in [2.75, 3.05) is 19.6 Å². The van der Waals surface area contributed by atoms with Crippen LogP contribution < -0.4 is 0 Å². The Bertz CT molecular complexity index is 419.